The molecule has 2 atom stereocenters. The van der Waals surface area contributed by atoms with Crippen molar-refractivity contribution in [1.29, 1.82) is 0 Å². The Hall–Kier alpha value is -0.530. The van der Waals surface area contributed by atoms with Crippen LogP contribution in [-0.4, -0.2) is 24.4 Å². The van der Waals surface area contributed by atoms with Crippen LogP contribution < -0.4 is 0 Å². The van der Waals surface area contributed by atoms with Crippen LogP contribution in [0.1, 0.15) is 53.4 Å². The van der Waals surface area contributed by atoms with Gasteiger partial charge in [-0.3, -0.25) is 4.79 Å². The standard InChI is InChI=1S/C13H27NO/c1-5-7-12(3)9-14(11-15)10-13(4)8-6-2/h11-13H,5-10H2,1-4H3. The van der Waals surface area contributed by atoms with Crippen molar-refractivity contribution in [3.05, 3.63) is 0 Å². The summed E-state index contributed by atoms with van der Waals surface area (Å²) in [5, 5.41) is 0. The molecule has 0 N–H and O–H groups in total. The Morgan fingerprint density at radius 2 is 1.40 bits per heavy atom. The molecule has 0 aliphatic heterocycles. The van der Waals surface area contributed by atoms with Gasteiger partial charge in [-0.2, -0.15) is 0 Å². The summed E-state index contributed by atoms with van der Waals surface area (Å²) < 4.78 is 0. The minimum Gasteiger partial charge on any atom is -0.345 e. The molecule has 0 saturated carbocycles. The Labute approximate surface area is 95.0 Å². The van der Waals surface area contributed by atoms with E-state index in [1.54, 1.807) is 0 Å². The van der Waals surface area contributed by atoms with Gasteiger partial charge in [-0.15, -0.1) is 0 Å². The van der Waals surface area contributed by atoms with Crippen LogP contribution in [0.25, 0.3) is 0 Å². The molecule has 2 unspecified atom stereocenters. The third kappa shape index (κ3) is 7.40. The minimum atomic E-state index is 0.633. The molecule has 1 amide bonds. The lowest BCUT2D eigenvalue weighted by atomic mass is 10.0. The van der Waals surface area contributed by atoms with Crippen LogP contribution in [0.3, 0.4) is 0 Å². The van der Waals surface area contributed by atoms with Crippen LogP contribution in [0.5, 0.6) is 0 Å². The molecule has 0 spiro atoms. The Bertz CT molecular complexity index is 145. The van der Waals surface area contributed by atoms with Gasteiger partial charge in [0.05, 0.1) is 0 Å². The Morgan fingerprint density at radius 1 is 1.00 bits per heavy atom. The molecule has 2 nitrogen and oxygen atoms in total. The highest BCUT2D eigenvalue weighted by atomic mass is 16.1. The van der Waals surface area contributed by atoms with Crippen LogP contribution in [0.15, 0.2) is 0 Å². The lowest BCUT2D eigenvalue weighted by Crippen LogP contribution is -2.31. The molecule has 15 heavy (non-hydrogen) atoms. The van der Waals surface area contributed by atoms with Gasteiger partial charge in [-0.25, -0.2) is 0 Å². The Balaban J connectivity index is 3.85. The number of amides is 1. The third-order valence-corrected chi connectivity index (χ3v) is 2.80. The van der Waals surface area contributed by atoms with Crippen LogP contribution in [0.4, 0.5) is 0 Å². The van der Waals surface area contributed by atoms with E-state index in [1.165, 1.54) is 25.7 Å². The molecule has 0 bridgehead atoms. The molecule has 0 aromatic heterocycles. The first-order valence-electron chi connectivity index (χ1n) is 6.33. The topological polar surface area (TPSA) is 20.3 Å². The van der Waals surface area contributed by atoms with Gasteiger partial charge in [0, 0.05) is 13.1 Å². The molecule has 0 aliphatic rings. The maximum absolute atomic E-state index is 10.9. The molecule has 2 heteroatoms. The predicted octanol–water partition coefficient (Wildman–Crippen LogP) is 3.32. The average molecular weight is 213 g/mol. The van der Waals surface area contributed by atoms with E-state index in [9.17, 15) is 4.79 Å². The third-order valence-electron chi connectivity index (χ3n) is 2.80. The summed E-state index contributed by atoms with van der Waals surface area (Å²) in [6.07, 6.45) is 5.86. The maximum Gasteiger partial charge on any atom is 0.209 e. The summed E-state index contributed by atoms with van der Waals surface area (Å²) in [5.41, 5.74) is 0. The Morgan fingerprint density at radius 3 is 1.67 bits per heavy atom. The van der Waals surface area contributed by atoms with E-state index in [0.29, 0.717) is 11.8 Å². The van der Waals surface area contributed by atoms with Gasteiger partial charge in [0.15, 0.2) is 0 Å². The molecule has 0 heterocycles. The van der Waals surface area contributed by atoms with E-state index in [-0.39, 0.29) is 0 Å². The van der Waals surface area contributed by atoms with Crippen molar-refractivity contribution in [1.82, 2.24) is 4.90 Å². The van der Waals surface area contributed by atoms with E-state index < -0.39 is 0 Å². The van der Waals surface area contributed by atoms with Crippen molar-refractivity contribution in [2.45, 2.75) is 53.4 Å². The summed E-state index contributed by atoms with van der Waals surface area (Å²) in [7, 11) is 0. The zero-order chi connectivity index (χ0) is 11.7. The van der Waals surface area contributed by atoms with Crippen molar-refractivity contribution in [3.63, 3.8) is 0 Å². The van der Waals surface area contributed by atoms with E-state index in [4.69, 9.17) is 0 Å². The molecule has 90 valence electrons. The van der Waals surface area contributed by atoms with Crippen LogP contribution in [-0.2, 0) is 4.79 Å². The molecule has 0 fully saturated rings. The maximum atomic E-state index is 10.9. The van der Waals surface area contributed by atoms with Gasteiger partial charge in [0.25, 0.3) is 0 Å². The van der Waals surface area contributed by atoms with Crippen molar-refractivity contribution in [3.8, 4) is 0 Å². The van der Waals surface area contributed by atoms with Gasteiger partial charge in [0.2, 0.25) is 6.41 Å². The van der Waals surface area contributed by atoms with E-state index in [2.05, 4.69) is 27.7 Å². The lowest BCUT2D eigenvalue weighted by molar-refractivity contribution is -0.119. The number of carbonyl (C=O) groups is 1. The fourth-order valence-corrected chi connectivity index (χ4v) is 2.13. The first-order valence-corrected chi connectivity index (χ1v) is 6.33. The SMILES string of the molecule is CCCC(C)CN(C=O)CC(C)CCC. The Kier molecular flexibility index (Phi) is 8.44. The smallest absolute Gasteiger partial charge is 0.209 e. The van der Waals surface area contributed by atoms with Crippen molar-refractivity contribution in [2.24, 2.45) is 11.8 Å². The number of nitrogens with zero attached hydrogens (tertiary/aromatic N) is 1. The summed E-state index contributed by atoms with van der Waals surface area (Å²) >= 11 is 0. The minimum absolute atomic E-state index is 0.633. The highest BCUT2D eigenvalue weighted by molar-refractivity contribution is 5.46. The molecule has 0 saturated heterocycles. The quantitative estimate of drug-likeness (QED) is 0.538. The second-order valence-electron chi connectivity index (χ2n) is 4.85. The lowest BCUT2D eigenvalue weighted by Gasteiger charge is -2.24. The summed E-state index contributed by atoms with van der Waals surface area (Å²) in [5.74, 6) is 1.27. The highest BCUT2D eigenvalue weighted by Gasteiger charge is 2.10. The monoisotopic (exact) mass is 213 g/mol. The predicted molar refractivity (Wildman–Crippen MR) is 65.8 cm³/mol. The zero-order valence-corrected chi connectivity index (χ0v) is 10.8. The molecule has 0 aromatic carbocycles. The van der Waals surface area contributed by atoms with Gasteiger partial charge in [-0.05, 0) is 24.7 Å². The number of rotatable bonds is 9. The summed E-state index contributed by atoms with van der Waals surface area (Å²) in [4.78, 5) is 12.9. The van der Waals surface area contributed by atoms with Crippen LogP contribution >= 0.6 is 0 Å². The van der Waals surface area contributed by atoms with Gasteiger partial charge in [0.1, 0.15) is 0 Å². The van der Waals surface area contributed by atoms with Gasteiger partial charge in [-0.1, -0.05) is 40.5 Å². The van der Waals surface area contributed by atoms with Crippen LogP contribution in [0.2, 0.25) is 0 Å². The zero-order valence-electron chi connectivity index (χ0n) is 10.8. The molecule has 0 aliphatic carbocycles. The van der Waals surface area contributed by atoms with E-state index in [0.717, 1.165) is 19.5 Å². The number of hydrogen-bond acceptors (Lipinski definition) is 1. The van der Waals surface area contributed by atoms with E-state index in [1.807, 2.05) is 4.90 Å². The molecule has 0 rings (SSSR count). The summed E-state index contributed by atoms with van der Waals surface area (Å²) in [6.45, 7) is 10.7. The van der Waals surface area contributed by atoms with Gasteiger partial charge >= 0.3 is 0 Å². The fourth-order valence-electron chi connectivity index (χ4n) is 2.13. The first kappa shape index (κ1) is 14.5. The molecular formula is C13H27NO. The number of hydrogen-bond donors (Lipinski definition) is 0. The first-order chi connectivity index (χ1) is 7.13. The molecular weight excluding hydrogens is 186 g/mol. The van der Waals surface area contributed by atoms with Crippen molar-refractivity contribution >= 4 is 6.41 Å². The fraction of sp³-hybridized carbons (Fsp3) is 0.923. The number of carbonyl (C=O) groups excluding carboxylic acids is 1. The normalized spacial score (nSPS) is 14.7. The molecule has 0 aromatic rings. The highest BCUT2D eigenvalue weighted by Crippen LogP contribution is 2.10. The van der Waals surface area contributed by atoms with Crippen LogP contribution in [0, 0.1) is 11.8 Å². The summed E-state index contributed by atoms with van der Waals surface area (Å²) in [6, 6.07) is 0. The second kappa shape index (κ2) is 8.75. The van der Waals surface area contributed by atoms with Crippen molar-refractivity contribution < 1.29 is 4.79 Å². The second-order valence-corrected chi connectivity index (χ2v) is 4.85. The largest absolute Gasteiger partial charge is 0.345 e. The molecule has 0 radical (unpaired) electrons. The van der Waals surface area contributed by atoms with E-state index >= 15 is 0 Å². The average Bonchev–Trinajstić information content (AvgIpc) is 2.17. The van der Waals surface area contributed by atoms with Crippen molar-refractivity contribution in [2.75, 3.05) is 13.1 Å². The van der Waals surface area contributed by atoms with Gasteiger partial charge < -0.3 is 4.90 Å².